The van der Waals surface area contributed by atoms with E-state index in [4.69, 9.17) is 0 Å². The van der Waals surface area contributed by atoms with Gasteiger partial charge in [0.2, 0.25) is 10.0 Å². The Morgan fingerprint density at radius 1 is 1.27 bits per heavy atom. The molecule has 1 aromatic carbocycles. The zero-order valence-corrected chi connectivity index (χ0v) is 13.0. The molecule has 0 aliphatic rings. The second-order valence-electron chi connectivity index (χ2n) is 4.62. The van der Waals surface area contributed by atoms with Crippen LogP contribution < -0.4 is 10.0 Å². The molecule has 0 aliphatic carbocycles. The Morgan fingerprint density at radius 3 is 2.59 bits per heavy atom. The molecule has 0 aliphatic heterocycles. The Kier molecular flexibility index (Phi) is 5.29. The van der Waals surface area contributed by atoms with Crippen LogP contribution in [0, 0.1) is 0 Å². The largest absolute Gasteiger partial charge is 0.355 e. The van der Waals surface area contributed by atoms with Crippen molar-refractivity contribution < 1.29 is 13.2 Å². The first-order chi connectivity index (χ1) is 10.5. The Bertz CT molecular complexity index is 709. The fourth-order valence-corrected chi connectivity index (χ4v) is 2.97. The minimum absolute atomic E-state index is 0.138. The number of aryl methyl sites for hydroxylation is 1. The zero-order chi connectivity index (χ0) is 16.0. The SMILES string of the molecule is CNC(=O)c1ccc(S(=O)(=O)NCCCn2cccn2)cc1. The molecule has 0 spiro atoms. The van der Waals surface area contributed by atoms with E-state index in [9.17, 15) is 13.2 Å². The molecule has 2 rings (SSSR count). The summed E-state index contributed by atoms with van der Waals surface area (Å²) >= 11 is 0. The van der Waals surface area contributed by atoms with E-state index in [1.165, 1.54) is 31.3 Å². The number of hydrogen-bond donors (Lipinski definition) is 2. The van der Waals surface area contributed by atoms with Gasteiger partial charge in [-0.25, -0.2) is 13.1 Å². The summed E-state index contributed by atoms with van der Waals surface area (Å²) < 4.78 is 28.5. The number of aromatic nitrogens is 2. The van der Waals surface area contributed by atoms with Crippen LogP contribution in [0.15, 0.2) is 47.6 Å². The van der Waals surface area contributed by atoms with Crippen molar-refractivity contribution in [1.82, 2.24) is 19.8 Å². The Morgan fingerprint density at radius 2 is 2.00 bits per heavy atom. The summed E-state index contributed by atoms with van der Waals surface area (Å²) in [7, 11) is -2.04. The summed E-state index contributed by atoms with van der Waals surface area (Å²) in [6.45, 7) is 0.963. The average Bonchev–Trinajstić information content (AvgIpc) is 3.04. The van der Waals surface area contributed by atoms with Crippen LogP contribution in [0.1, 0.15) is 16.8 Å². The minimum atomic E-state index is -3.56. The molecule has 22 heavy (non-hydrogen) atoms. The van der Waals surface area contributed by atoms with E-state index in [1.807, 2.05) is 12.3 Å². The molecule has 2 aromatic rings. The van der Waals surface area contributed by atoms with Gasteiger partial charge in [0.15, 0.2) is 0 Å². The maximum absolute atomic E-state index is 12.1. The number of nitrogens with zero attached hydrogens (tertiary/aromatic N) is 2. The molecule has 0 unspecified atom stereocenters. The molecule has 8 heteroatoms. The van der Waals surface area contributed by atoms with Crippen molar-refractivity contribution >= 4 is 15.9 Å². The molecule has 7 nitrogen and oxygen atoms in total. The highest BCUT2D eigenvalue weighted by molar-refractivity contribution is 7.89. The van der Waals surface area contributed by atoms with Crippen LogP contribution in [0.5, 0.6) is 0 Å². The number of sulfonamides is 1. The quantitative estimate of drug-likeness (QED) is 0.731. The second kappa shape index (κ2) is 7.19. The highest BCUT2D eigenvalue weighted by atomic mass is 32.2. The van der Waals surface area contributed by atoms with E-state index in [2.05, 4.69) is 15.1 Å². The van der Waals surface area contributed by atoms with Crippen molar-refractivity contribution in [3.8, 4) is 0 Å². The van der Waals surface area contributed by atoms with Crippen LogP contribution >= 0.6 is 0 Å². The van der Waals surface area contributed by atoms with E-state index in [-0.39, 0.29) is 10.8 Å². The number of benzene rings is 1. The number of rotatable bonds is 7. The predicted octanol–water partition coefficient (Wildman–Crippen LogP) is 0.611. The van der Waals surface area contributed by atoms with Gasteiger partial charge in [-0.1, -0.05) is 0 Å². The zero-order valence-electron chi connectivity index (χ0n) is 12.2. The lowest BCUT2D eigenvalue weighted by Crippen LogP contribution is -2.26. The topological polar surface area (TPSA) is 93.1 Å². The first-order valence-corrected chi connectivity index (χ1v) is 8.30. The summed E-state index contributed by atoms with van der Waals surface area (Å²) in [5, 5.41) is 6.53. The standard InChI is InChI=1S/C14H18N4O3S/c1-15-14(19)12-4-6-13(7-5-12)22(20,21)17-9-3-11-18-10-2-8-16-18/h2,4-8,10,17H,3,9,11H2,1H3,(H,15,19). The Balaban J connectivity index is 1.90. The van der Waals surface area contributed by atoms with Crippen molar-refractivity contribution in [3.63, 3.8) is 0 Å². The third-order valence-electron chi connectivity index (χ3n) is 3.07. The lowest BCUT2D eigenvalue weighted by Gasteiger charge is -2.07. The lowest BCUT2D eigenvalue weighted by molar-refractivity contribution is 0.0963. The molecule has 1 aromatic heterocycles. The molecule has 0 saturated heterocycles. The average molecular weight is 322 g/mol. The monoisotopic (exact) mass is 322 g/mol. The fourth-order valence-electron chi connectivity index (χ4n) is 1.89. The van der Waals surface area contributed by atoms with E-state index in [0.29, 0.717) is 25.1 Å². The molecule has 0 fully saturated rings. The van der Waals surface area contributed by atoms with Gasteiger partial charge in [0, 0.05) is 38.1 Å². The second-order valence-corrected chi connectivity index (χ2v) is 6.39. The van der Waals surface area contributed by atoms with Gasteiger partial charge < -0.3 is 5.32 Å². The predicted molar refractivity (Wildman–Crippen MR) is 81.9 cm³/mol. The Labute approximate surface area is 129 Å². The van der Waals surface area contributed by atoms with Gasteiger partial charge in [0.05, 0.1) is 4.90 Å². The maximum Gasteiger partial charge on any atom is 0.251 e. The molecule has 1 amide bonds. The van der Waals surface area contributed by atoms with Crippen molar-refractivity contribution in [2.24, 2.45) is 0 Å². The van der Waals surface area contributed by atoms with Gasteiger partial charge in [-0.2, -0.15) is 5.10 Å². The molecule has 0 atom stereocenters. The third-order valence-corrected chi connectivity index (χ3v) is 4.55. The maximum atomic E-state index is 12.1. The van der Waals surface area contributed by atoms with E-state index in [0.717, 1.165) is 0 Å². The molecule has 1 heterocycles. The van der Waals surface area contributed by atoms with Gasteiger partial charge >= 0.3 is 0 Å². The van der Waals surface area contributed by atoms with E-state index in [1.54, 1.807) is 10.9 Å². The van der Waals surface area contributed by atoms with Gasteiger partial charge in [0.25, 0.3) is 5.91 Å². The van der Waals surface area contributed by atoms with Crippen LogP contribution in [0.3, 0.4) is 0 Å². The number of carbonyl (C=O) groups excluding carboxylic acids is 1. The van der Waals surface area contributed by atoms with Crippen LogP contribution in [-0.4, -0.2) is 37.7 Å². The van der Waals surface area contributed by atoms with Crippen molar-refractivity contribution in [3.05, 3.63) is 48.3 Å². The molecule has 2 N–H and O–H groups in total. The molecular weight excluding hydrogens is 304 g/mol. The first-order valence-electron chi connectivity index (χ1n) is 6.82. The van der Waals surface area contributed by atoms with Crippen molar-refractivity contribution in [1.29, 1.82) is 0 Å². The summed E-state index contributed by atoms with van der Waals surface area (Å²) in [6, 6.07) is 7.62. The third kappa shape index (κ3) is 4.15. The molecule has 118 valence electrons. The van der Waals surface area contributed by atoms with Crippen molar-refractivity contribution in [2.45, 2.75) is 17.9 Å². The highest BCUT2D eigenvalue weighted by Crippen LogP contribution is 2.10. The summed E-state index contributed by atoms with van der Waals surface area (Å²) in [5.41, 5.74) is 0.417. The highest BCUT2D eigenvalue weighted by Gasteiger charge is 2.14. The van der Waals surface area contributed by atoms with Gasteiger partial charge in [-0.05, 0) is 36.8 Å². The summed E-state index contributed by atoms with van der Waals surface area (Å²) in [6.07, 6.45) is 4.14. The number of hydrogen-bond acceptors (Lipinski definition) is 4. The van der Waals surface area contributed by atoms with E-state index >= 15 is 0 Å². The molecular formula is C14H18N4O3S. The van der Waals surface area contributed by atoms with Gasteiger partial charge in [-0.3, -0.25) is 9.48 Å². The lowest BCUT2D eigenvalue weighted by atomic mass is 10.2. The first kappa shape index (κ1) is 16.2. The summed E-state index contributed by atoms with van der Waals surface area (Å²) in [4.78, 5) is 11.6. The van der Waals surface area contributed by atoms with Crippen LogP contribution in [0.2, 0.25) is 0 Å². The number of nitrogens with one attached hydrogen (secondary N) is 2. The number of amides is 1. The summed E-state index contributed by atoms with van der Waals surface area (Å²) in [5.74, 6) is -0.254. The van der Waals surface area contributed by atoms with Crippen molar-refractivity contribution in [2.75, 3.05) is 13.6 Å². The fraction of sp³-hybridized carbons (Fsp3) is 0.286. The molecule has 0 radical (unpaired) electrons. The van der Waals surface area contributed by atoms with Gasteiger partial charge in [0.1, 0.15) is 0 Å². The smallest absolute Gasteiger partial charge is 0.251 e. The van der Waals surface area contributed by atoms with Crippen LogP contribution in [0.4, 0.5) is 0 Å². The van der Waals surface area contributed by atoms with Crippen LogP contribution in [0.25, 0.3) is 0 Å². The van der Waals surface area contributed by atoms with Crippen LogP contribution in [-0.2, 0) is 16.6 Å². The molecule has 0 saturated carbocycles. The van der Waals surface area contributed by atoms with Gasteiger partial charge in [-0.15, -0.1) is 0 Å². The number of carbonyl (C=O) groups is 1. The minimum Gasteiger partial charge on any atom is -0.355 e. The molecule has 0 bridgehead atoms. The normalized spacial score (nSPS) is 11.3. The van der Waals surface area contributed by atoms with E-state index < -0.39 is 10.0 Å². The Hall–Kier alpha value is -2.19.